The average Bonchev–Trinajstić information content (AvgIpc) is 3.49. The van der Waals surface area contributed by atoms with Crippen LogP contribution in [0.5, 0.6) is 0 Å². The second-order valence-electron chi connectivity index (χ2n) is 7.71. The molecule has 2 fully saturated rings. The van der Waals surface area contributed by atoms with Crippen LogP contribution in [0.4, 0.5) is 5.82 Å². The molecule has 2 aromatic rings. The molecular weight excluding hydrogens is 340 g/mol. The number of aromatic nitrogens is 3. The summed E-state index contributed by atoms with van der Waals surface area (Å²) < 4.78 is 0. The van der Waals surface area contributed by atoms with E-state index in [4.69, 9.17) is 9.97 Å². The molecule has 2 aromatic heterocycles. The second kappa shape index (κ2) is 6.88. The van der Waals surface area contributed by atoms with Crippen molar-refractivity contribution >= 4 is 11.7 Å². The molecule has 1 saturated carbocycles. The summed E-state index contributed by atoms with van der Waals surface area (Å²) in [6.07, 6.45) is 7.45. The van der Waals surface area contributed by atoms with E-state index in [9.17, 15) is 4.79 Å². The maximum absolute atomic E-state index is 12.2. The molecule has 140 valence electrons. The molecular formula is C20H24N6O. The molecule has 1 amide bonds. The van der Waals surface area contributed by atoms with E-state index in [0.29, 0.717) is 24.3 Å². The number of likely N-dealkylation sites (tertiary alicyclic amines) is 1. The van der Waals surface area contributed by atoms with Crippen LogP contribution in [0.2, 0.25) is 0 Å². The lowest BCUT2D eigenvalue weighted by atomic mass is 10.1. The van der Waals surface area contributed by atoms with E-state index in [1.165, 1.54) is 18.4 Å². The van der Waals surface area contributed by atoms with Crippen molar-refractivity contribution in [2.75, 3.05) is 25.0 Å². The predicted molar refractivity (Wildman–Crippen MR) is 102 cm³/mol. The van der Waals surface area contributed by atoms with E-state index in [0.717, 1.165) is 55.5 Å². The maximum atomic E-state index is 12.2. The van der Waals surface area contributed by atoms with Gasteiger partial charge in [0.25, 0.3) is 0 Å². The highest BCUT2D eigenvalue weighted by molar-refractivity contribution is 5.79. The van der Waals surface area contributed by atoms with Crippen LogP contribution < -0.4 is 10.6 Å². The number of amides is 1. The zero-order valence-corrected chi connectivity index (χ0v) is 15.3. The number of carbonyl (C=O) groups is 1. The first kappa shape index (κ1) is 16.6. The zero-order valence-electron chi connectivity index (χ0n) is 15.3. The van der Waals surface area contributed by atoms with Crippen molar-refractivity contribution in [3.8, 4) is 11.4 Å². The van der Waals surface area contributed by atoms with Gasteiger partial charge in [0, 0.05) is 61.5 Å². The molecule has 0 spiro atoms. The van der Waals surface area contributed by atoms with E-state index in [2.05, 4.69) is 20.5 Å². The van der Waals surface area contributed by atoms with Gasteiger partial charge in [-0.05, 0) is 37.9 Å². The van der Waals surface area contributed by atoms with Gasteiger partial charge < -0.3 is 15.5 Å². The third kappa shape index (κ3) is 3.39. The van der Waals surface area contributed by atoms with E-state index < -0.39 is 0 Å². The third-order valence-electron chi connectivity index (χ3n) is 5.66. The van der Waals surface area contributed by atoms with Crippen molar-refractivity contribution in [1.82, 2.24) is 25.2 Å². The lowest BCUT2D eigenvalue weighted by molar-refractivity contribution is -0.128. The Morgan fingerprint density at radius 1 is 1.22 bits per heavy atom. The number of carbonyl (C=O) groups excluding carboxylic acids is 1. The van der Waals surface area contributed by atoms with Crippen LogP contribution in [0.25, 0.3) is 11.4 Å². The smallest absolute Gasteiger partial charge is 0.223 e. The molecule has 4 heterocycles. The van der Waals surface area contributed by atoms with E-state index >= 15 is 0 Å². The number of hydrogen-bond acceptors (Lipinski definition) is 6. The number of pyridine rings is 1. The normalized spacial score (nSPS) is 22.0. The summed E-state index contributed by atoms with van der Waals surface area (Å²) in [6, 6.07) is 4.38. The number of fused-ring (bicyclic) bond motifs is 1. The molecule has 0 aromatic carbocycles. The quantitative estimate of drug-likeness (QED) is 0.839. The Balaban J connectivity index is 1.37. The first-order chi connectivity index (χ1) is 13.3. The largest absolute Gasteiger partial charge is 0.369 e. The van der Waals surface area contributed by atoms with E-state index in [-0.39, 0.29) is 0 Å². The fourth-order valence-corrected chi connectivity index (χ4v) is 4.06. The summed E-state index contributed by atoms with van der Waals surface area (Å²) in [5, 5.41) is 6.95. The van der Waals surface area contributed by atoms with E-state index in [1.807, 2.05) is 12.1 Å². The predicted octanol–water partition coefficient (Wildman–Crippen LogP) is 1.61. The molecule has 7 nitrogen and oxygen atoms in total. The SMILES string of the molecule is O=C1CC(CNc2nc(-c3ccncc3)nc3c2CCNC3)CN1C1CC1. The van der Waals surface area contributed by atoms with Crippen molar-refractivity contribution in [1.29, 1.82) is 0 Å². The Morgan fingerprint density at radius 2 is 2.07 bits per heavy atom. The first-order valence-electron chi connectivity index (χ1n) is 9.82. The summed E-state index contributed by atoms with van der Waals surface area (Å²) in [7, 11) is 0. The van der Waals surface area contributed by atoms with Crippen molar-refractivity contribution in [2.45, 2.75) is 38.3 Å². The van der Waals surface area contributed by atoms with Crippen LogP contribution >= 0.6 is 0 Å². The molecule has 2 aliphatic heterocycles. The lowest BCUT2D eigenvalue weighted by Crippen LogP contribution is -2.29. The number of rotatable bonds is 5. The second-order valence-corrected chi connectivity index (χ2v) is 7.71. The Bertz CT molecular complexity index is 851. The molecule has 1 atom stereocenters. The molecule has 1 unspecified atom stereocenters. The number of hydrogen-bond donors (Lipinski definition) is 2. The Kier molecular flexibility index (Phi) is 4.24. The highest BCUT2D eigenvalue weighted by atomic mass is 16.2. The summed E-state index contributed by atoms with van der Waals surface area (Å²) >= 11 is 0. The molecule has 2 N–H and O–H groups in total. The van der Waals surface area contributed by atoms with Crippen molar-refractivity contribution in [3.05, 3.63) is 35.8 Å². The van der Waals surface area contributed by atoms with Crippen molar-refractivity contribution in [2.24, 2.45) is 5.92 Å². The minimum Gasteiger partial charge on any atom is -0.369 e. The lowest BCUT2D eigenvalue weighted by Gasteiger charge is -2.22. The average molecular weight is 364 g/mol. The Morgan fingerprint density at radius 3 is 2.89 bits per heavy atom. The topological polar surface area (TPSA) is 83.0 Å². The minimum atomic E-state index is 0.315. The van der Waals surface area contributed by atoms with Crippen LogP contribution in [0.15, 0.2) is 24.5 Å². The summed E-state index contributed by atoms with van der Waals surface area (Å²) in [4.78, 5) is 28.0. The van der Waals surface area contributed by atoms with Crippen LogP contribution in [0, 0.1) is 5.92 Å². The van der Waals surface area contributed by atoms with Crippen LogP contribution in [-0.4, -0.2) is 51.4 Å². The van der Waals surface area contributed by atoms with Gasteiger partial charge in [0.05, 0.1) is 5.69 Å². The van der Waals surface area contributed by atoms with Crippen LogP contribution in [0.3, 0.4) is 0 Å². The molecule has 3 aliphatic rings. The van der Waals surface area contributed by atoms with Crippen molar-refractivity contribution < 1.29 is 4.79 Å². The maximum Gasteiger partial charge on any atom is 0.223 e. The van der Waals surface area contributed by atoms with Gasteiger partial charge in [0.15, 0.2) is 5.82 Å². The first-order valence-corrected chi connectivity index (χ1v) is 9.82. The van der Waals surface area contributed by atoms with Gasteiger partial charge in [0.2, 0.25) is 5.91 Å². The summed E-state index contributed by atoms with van der Waals surface area (Å²) in [5.41, 5.74) is 3.24. The van der Waals surface area contributed by atoms with Gasteiger partial charge in [-0.1, -0.05) is 0 Å². The minimum absolute atomic E-state index is 0.315. The highest BCUT2D eigenvalue weighted by Gasteiger charge is 2.39. The third-order valence-corrected chi connectivity index (χ3v) is 5.66. The highest BCUT2D eigenvalue weighted by Crippen LogP contribution is 2.33. The molecule has 5 rings (SSSR count). The van der Waals surface area contributed by atoms with Gasteiger partial charge in [-0.25, -0.2) is 9.97 Å². The van der Waals surface area contributed by atoms with Gasteiger partial charge in [-0.3, -0.25) is 9.78 Å². The molecule has 0 radical (unpaired) electrons. The van der Waals surface area contributed by atoms with Crippen LogP contribution in [0.1, 0.15) is 30.5 Å². The summed E-state index contributed by atoms with van der Waals surface area (Å²) in [6.45, 7) is 3.36. The summed E-state index contributed by atoms with van der Waals surface area (Å²) in [5.74, 6) is 2.32. The standard InChI is InChI=1S/C20H24N6O/c27-18-9-13(12-26(18)15-1-2-15)10-23-20-16-5-8-22-11-17(16)24-19(25-20)14-3-6-21-7-4-14/h3-4,6-7,13,15,22H,1-2,5,8-12H2,(H,23,24,25). The molecule has 7 heteroatoms. The monoisotopic (exact) mass is 364 g/mol. The molecule has 0 bridgehead atoms. The fraction of sp³-hybridized carbons (Fsp3) is 0.500. The molecule has 1 saturated heterocycles. The Hall–Kier alpha value is -2.54. The van der Waals surface area contributed by atoms with Crippen LogP contribution in [-0.2, 0) is 17.8 Å². The number of nitrogens with one attached hydrogen (secondary N) is 2. The fourth-order valence-electron chi connectivity index (χ4n) is 4.06. The van der Waals surface area contributed by atoms with Gasteiger partial charge >= 0.3 is 0 Å². The Labute approximate surface area is 158 Å². The molecule has 1 aliphatic carbocycles. The van der Waals surface area contributed by atoms with Crippen molar-refractivity contribution in [3.63, 3.8) is 0 Å². The van der Waals surface area contributed by atoms with E-state index in [1.54, 1.807) is 12.4 Å². The molecule has 27 heavy (non-hydrogen) atoms. The number of anilines is 1. The van der Waals surface area contributed by atoms with Gasteiger partial charge in [-0.15, -0.1) is 0 Å². The number of nitrogens with zero attached hydrogens (tertiary/aromatic N) is 4. The zero-order chi connectivity index (χ0) is 18.2. The van der Waals surface area contributed by atoms with Gasteiger partial charge in [0.1, 0.15) is 5.82 Å². The van der Waals surface area contributed by atoms with Gasteiger partial charge in [-0.2, -0.15) is 0 Å².